The van der Waals surface area contributed by atoms with Crippen LogP contribution in [-0.4, -0.2) is 38.2 Å². The minimum Gasteiger partial charge on any atom is -0.497 e. The zero-order chi connectivity index (χ0) is 22.9. The number of carbonyl (C=O) groups is 1. The lowest BCUT2D eigenvalue weighted by Gasteiger charge is -2.30. The molecule has 7 heteroatoms. The highest BCUT2D eigenvalue weighted by Gasteiger charge is 2.33. The van der Waals surface area contributed by atoms with E-state index in [1.54, 1.807) is 37.7 Å². The summed E-state index contributed by atoms with van der Waals surface area (Å²) in [7, 11) is 3.19. The van der Waals surface area contributed by atoms with Gasteiger partial charge in [0.2, 0.25) is 5.78 Å². The molecule has 33 heavy (non-hydrogen) atoms. The van der Waals surface area contributed by atoms with E-state index in [2.05, 4.69) is 22.4 Å². The standard InChI is InChI=1S/C26H25NO5S/c1-16-25-18(14-27(15-31-25)9-8-20-5-4-10-33-20)12-21-24(28)23(32-26(16)21)13-17-11-19(29-2)6-7-22(17)30-3/h4-7,10-13H,8-9,14-15H2,1-3H3/b23-13-. The van der Waals surface area contributed by atoms with Gasteiger partial charge in [0.1, 0.15) is 29.7 Å². The molecule has 2 aromatic carbocycles. The van der Waals surface area contributed by atoms with Crippen LogP contribution >= 0.6 is 11.3 Å². The van der Waals surface area contributed by atoms with Crippen molar-refractivity contribution in [2.75, 3.05) is 27.5 Å². The van der Waals surface area contributed by atoms with Crippen LogP contribution in [0.1, 0.15) is 31.9 Å². The van der Waals surface area contributed by atoms with Crippen LogP contribution in [0.15, 0.2) is 47.5 Å². The first-order chi connectivity index (χ1) is 16.1. The van der Waals surface area contributed by atoms with E-state index >= 15 is 0 Å². The minimum absolute atomic E-state index is 0.142. The summed E-state index contributed by atoms with van der Waals surface area (Å²) in [5, 5.41) is 2.10. The molecule has 1 aromatic heterocycles. The number of ether oxygens (including phenoxy) is 4. The molecule has 0 amide bonds. The maximum Gasteiger partial charge on any atom is 0.231 e. The molecule has 170 valence electrons. The molecule has 0 atom stereocenters. The Morgan fingerprint density at radius 1 is 1.15 bits per heavy atom. The van der Waals surface area contributed by atoms with Crippen molar-refractivity contribution in [1.29, 1.82) is 0 Å². The minimum atomic E-state index is -0.142. The number of hydrogen-bond donors (Lipinski definition) is 0. The number of Topliss-reactive ketones (excluding diaryl/α,β-unsaturated/α-hetero) is 1. The quantitative estimate of drug-likeness (QED) is 0.475. The van der Waals surface area contributed by atoms with Gasteiger partial charge in [-0.3, -0.25) is 9.69 Å². The molecule has 3 aromatic rings. The Morgan fingerprint density at radius 3 is 2.79 bits per heavy atom. The van der Waals surface area contributed by atoms with E-state index in [0.29, 0.717) is 35.1 Å². The van der Waals surface area contributed by atoms with Crippen LogP contribution < -0.4 is 18.9 Å². The van der Waals surface area contributed by atoms with Gasteiger partial charge in [-0.2, -0.15) is 0 Å². The Kier molecular flexibility index (Phi) is 5.83. The van der Waals surface area contributed by atoms with Crippen LogP contribution in [0.4, 0.5) is 0 Å². The van der Waals surface area contributed by atoms with Crippen LogP contribution in [0.2, 0.25) is 0 Å². The number of allylic oxidation sites excluding steroid dienone is 1. The van der Waals surface area contributed by atoms with E-state index in [9.17, 15) is 4.79 Å². The van der Waals surface area contributed by atoms with Gasteiger partial charge in [0.05, 0.1) is 19.8 Å². The third kappa shape index (κ3) is 4.10. The third-order valence-corrected chi connectivity index (χ3v) is 6.92. The SMILES string of the molecule is COc1ccc(OC)c(/C=C2\Oc3c(cc4c(c3C)OCN(CCc3cccs3)C4)C2=O)c1. The molecule has 0 N–H and O–H groups in total. The number of nitrogens with zero attached hydrogens (tertiary/aromatic N) is 1. The first-order valence-corrected chi connectivity index (χ1v) is 11.7. The molecular formula is C26H25NO5S. The van der Waals surface area contributed by atoms with Gasteiger partial charge < -0.3 is 18.9 Å². The summed E-state index contributed by atoms with van der Waals surface area (Å²) >= 11 is 1.77. The van der Waals surface area contributed by atoms with Crippen molar-refractivity contribution in [3.8, 4) is 23.0 Å². The van der Waals surface area contributed by atoms with Crippen molar-refractivity contribution >= 4 is 23.2 Å². The molecule has 0 bridgehead atoms. The lowest BCUT2D eigenvalue weighted by molar-refractivity contribution is 0.0956. The fourth-order valence-corrected chi connectivity index (χ4v) is 4.95. The summed E-state index contributed by atoms with van der Waals surface area (Å²) in [4.78, 5) is 16.9. The predicted octanol–water partition coefficient (Wildman–Crippen LogP) is 5.08. The van der Waals surface area contributed by atoms with Crippen LogP contribution in [0.25, 0.3) is 6.08 Å². The Labute approximate surface area is 197 Å². The largest absolute Gasteiger partial charge is 0.497 e. The van der Waals surface area contributed by atoms with Crippen LogP contribution in [0.3, 0.4) is 0 Å². The number of rotatable bonds is 6. The van der Waals surface area contributed by atoms with Crippen molar-refractivity contribution < 1.29 is 23.7 Å². The Hall–Kier alpha value is -3.29. The van der Waals surface area contributed by atoms with Crippen molar-refractivity contribution in [1.82, 2.24) is 4.90 Å². The van der Waals surface area contributed by atoms with Crippen molar-refractivity contribution in [3.05, 3.63) is 74.7 Å². The highest BCUT2D eigenvalue weighted by atomic mass is 32.1. The molecule has 0 saturated heterocycles. The second kappa shape index (κ2) is 8.92. The second-order valence-electron chi connectivity index (χ2n) is 8.07. The molecule has 3 heterocycles. The van der Waals surface area contributed by atoms with Gasteiger partial charge in [-0.15, -0.1) is 11.3 Å². The topological polar surface area (TPSA) is 57.2 Å². The van der Waals surface area contributed by atoms with Crippen LogP contribution in [-0.2, 0) is 13.0 Å². The average molecular weight is 464 g/mol. The van der Waals surface area contributed by atoms with E-state index in [-0.39, 0.29) is 11.5 Å². The van der Waals surface area contributed by atoms with Gasteiger partial charge in [-0.1, -0.05) is 6.07 Å². The number of thiophene rings is 1. The van der Waals surface area contributed by atoms with E-state index in [0.717, 1.165) is 36.4 Å². The van der Waals surface area contributed by atoms with Crippen molar-refractivity contribution in [2.24, 2.45) is 0 Å². The lowest BCUT2D eigenvalue weighted by atomic mass is 10.00. The van der Waals surface area contributed by atoms with Gasteiger partial charge in [0, 0.05) is 34.7 Å². The van der Waals surface area contributed by atoms with Gasteiger partial charge in [0.25, 0.3) is 0 Å². The zero-order valence-corrected chi connectivity index (χ0v) is 19.7. The normalized spacial score (nSPS) is 16.2. The van der Waals surface area contributed by atoms with Crippen molar-refractivity contribution in [2.45, 2.75) is 19.9 Å². The Bertz CT molecular complexity index is 1230. The van der Waals surface area contributed by atoms with Crippen LogP contribution in [0, 0.1) is 6.92 Å². The first-order valence-electron chi connectivity index (χ1n) is 10.8. The number of fused-ring (bicyclic) bond motifs is 2. The zero-order valence-electron chi connectivity index (χ0n) is 18.8. The maximum absolute atomic E-state index is 13.2. The van der Waals surface area contributed by atoms with Gasteiger partial charge in [0.15, 0.2) is 5.76 Å². The van der Waals surface area contributed by atoms with E-state index in [4.69, 9.17) is 18.9 Å². The second-order valence-corrected chi connectivity index (χ2v) is 9.10. The smallest absolute Gasteiger partial charge is 0.231 e. The fourth-order valence-electron chi connectivity index (χ4n) is 4.26. The molecule has 0 unspecified atom stereocenters. The average Bonchev–Trinajstić information content (AvgIpc) is 3.46. The summed E-state index contributed by atoms with van der Waals surface area (Å²) in [6.07, 6.45) is 2.69. The molecule has 0 aliphatic carbocycles. The monoisotopic (exact) mass is 463 g/mol. The molecule has 2 aliphatic rings. The molecular weight excluding hydrogens is 438 g/mol. The van der Waals surface area contributed by atoms with E-state index in [1.807, 2.05) is 25.1 Å². The Morgan fingerprint density at radius 2 is 2.03 bits per heavy atom. The fraction of sp³-hybridized carbons (Fsp3) is 0.269. The first kappa shape index (κ1) is 21.6. The van der Waals surface area contributed by atoms with Gasteiger partial charge >= 0.3 is 0 Å². The summed E-state index contributed by atoms with van der Waals surface area (Å²) in [5.74, 6) is 2.81. The van der Waals surface area contributed by atoms with Crippen molar-refractivity contribution in [3.63, 3.8) is 0 Å². The molecule has 5 rings (SSSR count). The summed E-state index contributed by atoms with van der Waals surface area (Å²) in [6.45, 7) is 4.11. The summed E-state index contributed by atoms with van der Waals surface area (Å²) in [5.41, 5.74) is 3.16. The van der Waals surface area contributed by atoms with E-state index < -0.39 is 0 Å². The molecule has 0 saturated carbocycles. The lowest BCUT2D eigenvalue weighted by Crippen LogP contribution is -2.34. The summed E-state index contributed by atoms with van der Waals surface area (Å²) in [6, 6.07) is 11.6. The number of carbonyl (C=O) groups excluding carboxylic acids is 1. The number of methoxy groups -OCH3 is 2. The molecule has 0 spiro atoms. The number of benzene rings is 2. The van der Waals surface area contributed by atoms with Gasteiger partial charge in [-0.25, -0.2) is 0 Å². The highest BCUT2D eigenvalue weighted by Crippen LogP contribution is 2.43. The predicted molar refractivity (Wildman–Crippen MR) is 128 cm³/mol. The van der Waals surface area contributed by atoms with E-state index in [1.165, 1.54) is 4.88 Å². The number of hydrogen-bond acceptors (Lipinski definition) is 7. The Balaban J connectivity index is 1.41. The van der Waals surface area contributed by atoms with Gasteiger partial charge in [-0.05, 0) is 55.1 Å². The maximum atomic E-state index is 13.2. The molecule has 2 aliphatic heterocycles. The van der Waals surface area contributed by atoms with Crippen LogP contribution in [0.5, 0.6) is 23.0 Å². The third-order valence-electron chi connectivity index (χ3n) is 5.98. The summed E-state index contributed by atoms with van der Waals surface area (Å²) < 4.78 is 22.9. The molecule has 0 fully saturated rings. The highest BCUT2D eigenvalue weighted by molar-refractivity contribution is 7.09. The number of ketones is 1. The molecule has 0 radical (unpaired) electrons. The molecule has 6 nitrogen and oxygen atoms in total.